The van der Waals surface area contributed by atoms with Gasteiger partial charge >= 0.3 is 18.0 Å². The quantitative estimate of drug-likeness (QED) is 0.460. The molecular formula is C18H31NO6. The summed E-state index contributed by atoms with van der Waals surface area (Å²) in [6.07, 6.45) is 2.38. The van der Waals surface area contributed by atoms with E-state index in [4.69, 9.17) is 9.47 Å². The van der Waals surface area contributed by atoms with Crippen LogP contribution in [0.15, 0.2) is 12.7 Å². The molecule has 0 spiro atoms. The van der Waals surface area contributed by atoms with Crippen molar-refractivity contribution in [2.24, 2.45) is 11.3 Å². The number of hydrogen-bond acceptors (Lipinski definition) is 5. The maximum atomic E-state index is 11.9. The summed E-state index contributed by atoms with van der Waals surface area (Å²) in [5.41, 5.74) is -0.893. The Morgan fingerprint density at radius 1 is 1.20 bits per heavy atom. The van der Waals surface area contributed by atoms with E-state index < -0.39 is 29.6 Å². The molecule has 1 unspecified atom stereocenters. The topological polar surface area (TPSA) is 102 Å². The monoisotopic (exact) mass is 357 g/mol. The van der Waals surface area contributed by atoms with Crippen LogP contribution in [-0.2, 0) is 19.1 Å². The Bertz CT molecular complexity index is 478. The number of ether oxygens (including phenoxy) is 2. The SMILES string of the molecule is C=CCCC(C)(C)COC(=O)CC(CNC(=O)OC(C)(C)C)C(=O)O. The molecule has 0 aliphatic rings. The van der Waals surface area contributed by atoms with E-state index in [-0.39, 0.29) is 25.0 Å². The van der Waals surface area contributed by atoms with Gasteiger partial charge in [-0.2, -0.15) is 0 Å². The van der Waals surface area contributed by atoms with Gasteiger partial charge in [0, 0.05) is 6.54 Å². The van der Waals surface area contributed by atoms with E-state index in [0.29, 0.717) is 0 Å². The summed E-state index contributed by atoms with van der Waals surface area (Å²) >= 11 is 0. The third-order valence-corrected chi connectivity index (χ3v) is 3.30. The van der Waals surface area contributed by atoms with Gasteiger partial charge in [-0.3, -0.25) is 9.59 Å². The van der Waals surface area contributed by atoms with Crippen LogP contribution in [0.4, 0.5) is 4.79 Å². The normalized spacial score (nSPS) is 12.8. The first-order valence-electron chi connectivity index (χ1n) is 8.32. The highest BCUT2D eigenvalue weighted by Crippen LogP contribution is 2.23. The Labute approximate surface area is 149 Å². The van der Waals surface area contributed by atoms with Gasteiger partial charge in [-0.05, 0) is 39.0 Å². The van der Waals surface area contributed by atoms with Crippen molar-refractivity contribution in [1.82, 2.24) is 5.32 Å². The minimum atomic E-state index is -1.18. The second kappa shape index (κ2) is 10.1. The highest BCUT2D eigenvalue weighted by atomic mass is 16.6. The van der Waals surface area contributed by atoms with Gasteiger partial charge in [0.1, 0.15) is 5.60 Å². The minimum absolute atomic E-state index is 0.200. The van der Waals surface area contributed by atoms with Crippen molar-refractivity contribution >= 4 is 18.0 Å². The Hall–Kier alpha value is -2.05. The molecule has 1 atom stereocenters. The van der Waals surface area contributed by atoms with Gasteiger partial charge in [0.25, 0.3) is 0 Å². The molecule has 0 saturated heterocycles. The molecule has 0 aromatic rings. The van der Waals surface area contributed by atoms with Crippen molar-refractivity contribution < 1.29 is 29.0 Å². The number of carboxylic acid groups (broad SMARTS) is 1. The highest BCUT2D eigenvalue weighted by Gasteiger charge is 2.26. The molecule has 25 heavy (non-hydrogen) atoms. The molecule has 1 amide bonds. The van der Waals surface area contributed by atoms with Crippen LogP contribution in [0.2, 0.25) is 0 Å². The van der Waals surface area contributed by atoms with Crippen LogP contribution >= 0.6 is 0 Å². The summed E-state index contributed by atoms with van der Waals surface area (Å²) in [5, 5.41) is 11.6. The Balaban J connectivity index is 4.42. The number of amides is 1. The van der Waals surface area contributed by atoms with Crippen molar-refractivity contribution in [2.45, 2.75) is 59.5 Å². The maximum absolute atomic E-state index is 11.9. The van der Waals surface area contributed by atoms with Crippen LogP contribution in [0.5, 0.6) is 0 Å². The lowest BCUT2D eigenvalue weighted by Gasteiger charge is -2.24. The zero-order chi connectivity index (χ0) is 19.7. The highest BCUT2D eigenvalue weighted by molar-refractivity contribution is 5.79. The molecule has 144 valence electrons. The lowest BCUT2D eigenvalue weighted by Crippen LogP contribution is -2.38. The molecule has 0 aromatic carbocycles. The first-order valence-corrected chi connectivity index (χ1v) is 8.32. The van der Waals surface area contributed by atoms with Gasteiger partial charge in [-0.1, -0.05) is 19.9 Å². The summed E-state index contributed by atoms with van der Waals surface area (Å²) in [7, 11) is 0. The van der Waals surface area contributed by atoms with Gasteiger partial charge in [0.2, 0.25) is 0 Å². The number of nitrogens with one attached hydrogen (secondary N) is 1. The standard InChI is InChI=1S/C18H31NO6/c1-7-8-9-18(5,6)12-24-14(20)10-13(15(21)22)11-19-16(23)25-17(2,3)4/h7,13H,1,8-12H2,2-6H3,(H,19,23)(H,21,22). The fraction of sp³-hybridized carbons (Fsp3) is 0.722. The predicted molar refractivity (Wildman–Crippen MR) is 94.2 cm³/mol. The molecule has 2 N–H and O–H groups in total. The largest absolute Gasteiger partial charge is 0.481 e. The van der Waals surface area contributed by atoms with E-state index in [1.165, 1.54) is 0 Å². The van der Waals surface area contributed by atoms with E-state index in [2.05, 4.69) is 11.9 Å². The van der Waals surface area contributed by atoms with Crippen LogP contribution in [-0.4, -0.2) is 41.9 Å². The zero-order valence-corrected chi connectivity index (χ0v) is 15.9. The first kappa shape index (κ1) is 22.9. The molecule has 0 bridgehead atoms. The number of hydrogen-bond donors (Lipinski definition) is 2. The van der Waals surface area contributed by atoms with Crippen LogP contribution in [0.3, 0.4) is 0 Å². The third kappa shape index (κ3) is 12.0. The number of allylic oxidation sites excluding steroid dienone is 1. The number of carbonyl (C=O) groups excluding carboxylic acids is 2. The second-order valence-corrected chi connectivity index (χ2v) is 7.77. The van der Waals surface area contributed by atoms with Crippen LogP contribution in [0.25, 0.3) is 0 Å². The fourth-order valence-corrected chi connectivity index (χ4v) is 1.87. The van der Waals surface area contributed by atoms with Crippen LogP contribution in [0.1, 0.15) is 53.9 Å². The minimum Gasteiger partial charge on any atom is -0.481 e. The van der Waals surface area contributed by atoms with Gasteiger partial charge in [-0.25, -0.2) is 4.79 Å². The predicted octanol–water partition coefficient (Wildman–Crippen LogP) is 3.14. The van der Waals surface area contributed by atoms with Gasteiger partial charge in [0.05, 0.1) is 18.9 Å². The molecule has 0 rings (SSSR count). The first-order chi connectivity index (χ1) is 11.4. The Morgan fingerprint density at radius 2 is 1.80 bits per heavy atom. The van der Waals surface area contributed by atoms with Crippen molar-refractivity contribution in [3.63, 3.8) is 0 Å². The average molecular weight is 357 g/mol. The molecule has 0 aliphatic heterocycles. The third-order valence-electron chi connectivity index (χ3n) is 3.30. The number of esters is 1. The Morgan fingerprint density at radius 3 is 2.28 bits per heavy atom. The number of alkyl carbamates (subject to hydrolysis) is 1. The van der Waals surface area contributed by atoms with Gasteiger partial charge < -0.3 is 19.9 Å². The zero-order valence-electron chi connectivity index (χ0n) is 15.9. The van der Waals surface area contributed by atoms with E-state index in [1.807, 2.05) is 13.8 Å². The summed E-state index contributed by atoms with van der Waals surface area (Å²) in [4.78, 5) is 34.7. The Kier molecular flexibility index (Phi) is 9.23. The molecular weight excluding hydrogens is 326 g/mol. The molecule has 0 fully saturated rings. The summed E-state index contributed by atoms with van der Waals surface area (Å²) < 4.78 is 10.2. The van der Waals surface area contributed by atoms with E-state index in [0.717, 1.165) is 12.8 Å². The average Bonchev–Trinajstić information content (AvgIpc) is 2.45. The smallest absolute Gasteiger partial charge is 0.407 e. The molecule has 7 heteroatoms. The van der Waals surface area contributed by atoms with Crippen molar-refractivity contribution in [2.75, 3.05) is 13.2 Å². The van der Waals surface area contributed by atoms with Crippen LogP contribution in [0, 0.1) is 11.3 Å². The summed E-state index contributed by atoms with van der Waals surface area (Å²) in [6.45, 7) is 12.7. The number of aliphatic carboxylic acids is 1. The lowest BCUT2D eigenvalue weighted by atomic mass is 9.89. The summed E-state index contributed by atoms with van der Waals surface area (Å²) in [5.74, 6) is -2.86. The van der Waals surface area contributed by atoms with Gasteiger partial charge in [0.15, 0.2) is 0 Å². The second-order valence-electron chi connectivity index (χ2n) is 7.77. The lowest BCUT2D eigenvalue weighted by molar-refractivity contribution is -0.153. The van der Waals surface area contributed by atoms with E-state index in [1.54, 1.807) is 26.8 Å². The van der Waals surface area contributed by atoms with Crippen molar-refractivity contribution in [1.29, 1.82) is 0 Å². The van der Waals surface area contributed by atoms with Crippen molar-refractivity contribution in [3.8, 4) is 0 Å². The van der Waals surface area contributed by atoms with Crippen molar-refractivity contribution in [3.05, 3.63) is 12.7 Å². The molecule has 7 nitrogen and oxygen atoms in total. The van der Waals surface area contributed by atoms with Crippen LogP contribution < -0.4 is 5.32 Å². The molecule has 0 heterocycles. The number of carbonyl (C=O) groups is 3. The number of carboxylic acids is 1. The van der Waals surface area contributed by atoms with E-state index in [9.17, 15) is 19.5 Å². The molecule has 0 radical (unpaired) electrons. The fourth-order valence-electron chi connectivity index (χ4n) is 1.87. The summed E-state index contributed by atoms with van der Waals surface area (Å²) in [6, 6.07) is 0. The molecule has 0 saturated carbocycles. The molecule has 0 aliphatic carbocycles. The molecule has 0 aromatic heterocycles. The van der Waals surface area contributed by atoms with Gasteiger partial charge in [-0.15, -0.1) is 6.58 Å². The number of rotatable bonds is 10. The maximum Gasteiger partial charge on any atom is 0.407 e. The van der Waals surface area contributed by atoms with E-state index >= 15 is 0 Å².